The maximum atomic E-state index is 11.3. The Hall–Kier alpha value is -2.04. The van der Waals surface area contributed by atoms with E-state index in [1.54, 1.807) is 12.1 Å². The summed E-state index contributed by atoms with van der Waals surface area (Å²) in [5.41, 5.74) is -0.377. The molecule has 13 heavy (non-hydrogen) atoms. The van der Waals surface area contributed by atoms with Gasteiger partial charge in [-0.3, -0.25) is 4.79 Å². The lowest BCUT2D eigenvalue weighted by molar-refractivity contribution is 0.165. The lowest BCUT2D eigenvalue weighted by Gasteiger charge is -1.85. The highest BCUT2D eigenvalue weighted by molar-refractivity contribution is 5.79. The molecule has 66 valence electrons. The van der Waals surface area contributed by atoms with Gasteiger partial charge in [-0.25, -0.2) is 4.79 Å². The van der Waals surface area contributed by atoms with Crippen molar-refractivity contribution in [2.45, 2.75) is 0 Å². The molecule has 2 aromatic rings. The summed E-state index contributed by atoms with van der Waals surface area (Å²) in [5.74, 6) is 0. The van der Waals surface area contributed by atoms with Crippen molar-refractivity contribution in [3.63, 3.8) is 0 Å². The Morgan fingerprint density at radius 3 is 2.69 bits per heavy atom. The van der Waals surface area contributed by atoms with Crippen LogP contribution in [0, 0.1) is 0 Å². The molecule has 0 radical (unpaired) electrons. The molecule has 1 heterocycles. The highest BCUT2D eigenvalue weighted by Crippen LogP contribution is 2.08. The van der Waals surface area contributed by atoms with E-state index in [4.69, 9.17) is 9.63 Å². The molecule has 2 rings (SSSR count). The third kappa shape index (κ3) is 1.01. The van der Waals surface area contributed by atoms with Crippen molar-refractivity contribution in [3.8, 4) is 0 Å². The zero-order valence-corrected chi connectivity index (χ0v) is 6.43. The fourth-order valence-electron chi connectivity index (χ4n) is 1.10. The van der Waals surface area contributed by atoms with Crippen LogP contribution in [-0.2, 0) is 0 Å². The van der Waals surface area contributed by atoms with Gasteiger partial charge in [0, 0.05) is 0 Å². The zero-order valence-electron chi connectivity index (χ0n) is 6.43. The molecule has 0 aliphatic heterocycles. The van der Waals surface area contributed by atoms with Crippen LogP contribution in [0.5, 0.6) is 0 Å². The average Bonchev–Trinajstić information content (AvgIpc) is 2.45. The Balaban J connectivity index is 2.90. The summed E-state index contributed by atoms with van der Waals surface area (Å²) >= 11 is 0. The smallest absolute Gasteiger partial charge is 0.448 e. The van der Waals surface area contributed by atoms with Crippen molar-refractivity contribution in [1.82, 2.24) is 4.74 Å². The summed E-state index contributed by atoms with van der Waals surface area (Å²) < 4.78 is 5.08. The van der Waals surface area contributed by atoms with Gasteiger partial charge in [-0.2, -0.15) is 0 Å². The lowest BCUT2D eigenvalue weighted by Crippen LogP contribution is -2.20. The van der Waals surface area contributed by atoms with E-state index in [-0.39, 0.29) is 11.0 Å². The van der Waals surface area contributed by atoms with Gasteiger partial charge in [-0.1, -0.05) is 16.9 Å². The third-order valence-electron chi connectivity index (χ3n) is 1.67. The number of carbonyl (C=O) groups is 1. The number of carboxylic acid groups (broad SMARTS) is 1. The lowest BCUT2D eigenvalue weighted by atomic mass is 10.3. The van der Waals surface area contributed by atoms with Crippen molar-refractivity contribution >= 4 is 17.1 Å². The second-order valence-electron chi connectivity index (χ2n) is 2.47. The predicted molar refractivity (Wildman–Crippen MR) is 43.9 cm³/mol. The molecule has 5 heteroatoms. The predicted octanol–water partition coefficient (Wildman–Crippen LogP) is 1.12. The number of nitrogens with zero attached hydrogens (tertiary/aromatic N) is 1. The van der Waals surface area contributed by atoms with Crippen molar-refractivity contribution in [1.29, 1.82) is 0 Å². The second kappa shape index (κ2) is 2.48. The van der Waals surface area contributed by atoms with Gasteiger partial charge in [0.2, 0.25) is 0 Å². The van der Waals surface area contributed by atoms with Gasteiger partial charge in [-0.15, -0.1) is 0 Å². The van der Waals surface area contributed by atoms with E-state index in [0.29, 0.717) is 4.74 Å². The number of benzene rings is 1. The fourth-order valence-corrected chi connectivity index (χ4v) is 1.10. The maximum absolute atomic E-state index is 11.3. The number of hydrogen-bond acceptors (Lipinski definition) is 3. The standard InChI is InChI=1S/C8H5NO4/c10-7-5-3-1-2-4-6(5)13-9(7)8(11)12/h1-4H,(H,11,12). The number of rotatable bonds is 0. The Bertz CT molecular complexity index is 522. The van der Waals surface area contributed by atoms with Gasteiger partial charge in [0.1, 0.15) is 0 Å². The summed E-state index contributed by atoms with van der Waals surface area (Å²) in [6.07, 6.45) is -1.42. The Morgan fingerprint density at radius 1 is 1.38 bits per heavy atom. The van der Waals surface area contributed by atoms with Gasteiger partial charge >= 0.3 is 11.7 Å². The molecule has 0 aliphatic rings. The molecular formula is C8H5NO4. The Kier molecular flexibility index (Phi) is 1.45. The molecule has 0 unspecified atom stereocenters. The van der Waals surface area contributed by atoms with Crippen LogP contribution in [0.1, 0.15) is 0 Å². The summed E-state index contributed by atoms with van der Waals surface area (Å²) in [4.78, 5) is 21.7. The minimum absolute atomic E-state index is 0.268. The van der Waals surface area contributed by atoms with Crippen molar-refractivity contribution in [2.75, 3.05) is 0 Å². The van der Waals surface area contributed by atoms with E-state index in [1.807, 2.05) is 0 Å². The zero-order chi connectivity index (χ0) is 9.42. The molecule has 1 N–H and O–H groups in total. The summed E-state index contributed by atoms with van der Waals surface area (Å²) in [5, 5.41) is 8.80. The quantitative estimate of drug-likeness (QED) is 0.657. The van der Waals surface area contributed by atoms with Gasteiger partial charge in [-0.05, 0) is 12.1 Å². The summed E-state index contributed by atoms with van der Waals surface area (Å²) in [6.45, 7) is 0. The third-order valence-corrected chi connectivity index (χ3v) is 1.67. The summed E-state index contributed by atoms with van der Waals surface area (Å²) in [7, 11) is 0. The molecule has 5 nitrogen and oxygen atoms in total. The number of aromatic nitrogens is 1. The van der Waals surface area contributed by atoms with Gasteiger partial charge in [0.15, 0.2) is 5.58 Å². The van der Waals surface area contributed by atoms with Crippen LogP contribution in [0.15, 0.2) is 33.6 Å². The molecule has 1 aromatic carbocycles. The first-order valence-corrected chi connectivity index (χ1v) is 3.54. The minimum Gasteiger partial charge on any atom is -0.462 e. The molecule has 0 fully saturated rings. The minimum atomic E-state index is -1.42. The molecular weight excluding hydrogens is 174 g/mol. The van der Waals surface area contributed by atoms with E-state index in [9.17, 15) is 9.59 Å². The molecule has 0 atom stereocenters. The molecule has 1 aromatic heterocycles. The van der Waals surface area contributed by atoms with E-state index >= 15 is 0 Å². The Labute approximate surface area is 71.8 Å². The maximum Gasteiger partial charge on any atom is 0.448 e. The molecule has 0 saturated carbocycles. The largest absolute Gasteiger partial charge is 0.462 e. The van der Waals surface area contributed by atoms with Crippen LogP contribution in [-0.4, -0.2) is 15.9 Å². The average molecular weight is 179 g/mol. The monoisotopic (exact) mass is 179 g/mol. The van der Waals surface area contributed by atoms with Gasteiger partial charge < -0.3 is 9.63 Å². The van der Waals surface area contributed by atoms with Crippen LogP contribution in [0.2, 0.25) is 0 Å². The highest BCUT2D eigenvalue weighted by Gasteiger charge is 2.12. The van der Waals surface area contributed by atoms with Crippen LogP contribution >= 0.6 is 0 Å². The SMILES string of the molecule is O=C(O)n1oc2ccccc2c1=O. The van der Waals surface area contributed by atoms with Crippen molar-refractivity contribution in [2.24, 2.45) is 0 Å². The molecule has 0 amide bonds. The first kappa shape index (κ1) is 7.60. The normalized spacial score (nSPS) is 10.5. The van der Waals surface area contributed by atoms with Gasteiger partial charge in [0.25, 0.3) is 0 Å². The van der Waals surface area contributed by atoms with Crippen LogP contribution < -0.4 is 5.56 Å². The molecule has 0 bridgehead atoms. The van der Waals surface area contributed by atoms with Crippen molar-refractivity contribution < 1.29 is 14.4 Å². The number of para-hydroxylation sites is 1. The fraction of sp³-hybridized carbons (Fsp3) is 0. The van der Waals surface area contributed by atoms with E-state index in [1.165, 1.54) is 12.1 Å². The van der Waals surface area contributed by atoms with E-state index in [2.05, 4.69) is 0 Å². The van der Waals surface area contributed by atoms with Crippen LogP contribution in [0.4, 0.5) is 4.79 Å². The highest BCUT2D eigenvalue weighted by atomic mass is 16.5. The number of hydrogen-bond donors (Lipinski definition) is 1. The second-order valence-corrected chi connectivity index (χ2v) is 2.47. The van der Waals surface area contributed by atoms with Crippen molar-refractivity contribution in [3.05, 3.63) is 34.6 Å². The van der Waals surface area contributed by atoms with Crippen LogP contribution in [0.25, 0.3) is 11.0 Å². The first-order chi connectivity index (χ1) is 6.20. The van der Waals surface area contributed by atoms with E-state index < -0.39 is 11.7 Å². The topological polar surface area (TPSA) is 72.4 Å². The molecule has 0 saturated heterocycles. The Morgan fingerprint density at radius 2 is 2.08 bits per heavy atom. The molecule has 0 spiro atoms. The molecule has 0 aliphatic carbocycles. The first-order valence-electron chi connectivity index (χ1n) is 3.54. The summed E-state index contributed by atoms with van der Waals surface area (Å²) in [6, 6.07) is 6.36. The van der Waals surface area contributed by atoms with Gasteiger partial charge in [0.05, 0.1) is 5.39 Å². The number of fused-ring (bicyclic) bond motifs is 1. The van der Waals surface area contributed by atoms with Crippen LogP contribution in [0.3, 0.4) is 0 Å². The van der Waals surface area contributed by atoms with E-state index in [0.717, 1.165) is 0 Å².